The monoisotopic (exact) mass is 329 g/mol. The Balaban J connectivity index is 2.07. The molecule has 1 aliphatic heterocycles. The number of nitrogens with zero attached hydrogens (tertiary/aromatic N) is 1. The Morgan fingerprint density at radius 2 is 1.82 bits per heavy atom. The van der Waals surface area contributed by atoms with Crippen LogP contribution in [0.2, 0.25) is 10.0 Å². The fraction of sp³-hybridized carbons (Fsp3) is 0.0556. The molecule has 0 amide bonds. The molecule has 1 heterocycles. The lowest BCUT2D eigenvalue weighted by molar-refractivity contribution is 0.381. The molecule has 2 aromatic rings. The van der Waals surface area contributed by atoms with E-state index >= 15 is 0 Å². The van der Waals surface area contributed by atoms with Crippen LogP contribution in [0.3, 0.4) is 0 Å². The van der Waals surface area contributed by atoms with Gasteiger partial charge in [0.1, 0.15) is 11.5 Å². The zero-order valence-electron chi connectivity index (χ0n) is 11.7. The minimum atomic E-state index is 0.412. The summed E-state index contributed by atoms with van der Waals surface area (Å²) in [6.45, 7) is 4.30. The summed E-state index contributed by atoms with van der Waals surface area (Å²) >= 11 is 12.2. The zero-order valence-corrected chi connectivity index (χ0v) is 13.2. The smallest absolute Gasteiger partial charge is 0.137 e. The SMILES string of the molecule is C=C1CN=C(c2ccccc2)C=C(c2ccc(Cl)cc2Cl)O1. The standard InChI is InChI=1S/C18H13Cl2NO/c1-12-11-21-17(13-5-3-2-4-6-13)10-18(22-12)15-8-7-14(19)9-16(15)20/h2-10H,1,11H2. The van der Waals surface area contributed by atoms with Crippen molar-refractivity contribution in [2.45, 2.75) is 0 Å². The second-order valence-electron chi connectivity index (χ2n) is 4.84. The van der Waals surface area contributed by atoms with Crippen molar-refractivity contribution in [1.29, 1.82) is 0 Å². The van der Waals surface area contributed by atoms with Gasteiger partial charge in [0.15, 0.2) is 0 Å². The van der Waals surface area contributed by atoms with E-state index in [4.69, 9.17) is 27.9 Å². The van der Waals surface area contributed by atoms with Gasteiger partial charge in [0.2, 0.25) is 0 Å². The van der Waals surface area contributed by atoms with Crippen LogP contribution in [0.15, 0.2) is 71.9 Å². The van der Waals surface area contributed by atoms with E-state index in [0.29, 0.717) is 28.1 Å². The van der Waals surface area contributed by atoms with Crippen molar-refractivity contribution in [3.8, 4) is 0 Å². The average Bonchev–Trinajstić information content (AvgIpc) is 2.70. The van der Waals surface area contributed by atoms with Crippen molar-refractivity contribution in [2.75, 3.05) is 6.54 Å². The van der Waals surface area contributed by atoms with Gasteiger partial charge in [-0.05, 0) is 23.8 Å². The number of aliphatic imine (C=N–C) groups is 1. The van der Waals surface area contributed by atoms with Gasteiger partial charge in [-0.15, -0.1) is 0 Å². The van der Waals surface area contributed by atoms with E-state index in [-0.39, 0.29) is 0 Å². The lowest BCUT2D eigenvalue weighted by Gasteiger charge is -2.11. The van der Waals surface area contributed by atoms with Gasteiger partial charge in [0.25, 0.3) is 0 Å². The van der Waals surface area contributed by atoms with Crippen molar-refractivity contribution in [2.24, 2.45) is 4.99 Å². The molecule has 110 valence electrons. The summed E-state index contributed by atoms with van der Waals surface area (Å²) < 4.78 is 5.79. The highest BCUT2D eigenvalue weighted by atomic mass is 35.5. The summed E-state index contributed by atoms with van der Waals surface area (Å²) in [6, 6.07) is 15.2. The number of hydrogen-bond acceptors (Lipinski definition) is 2. The van der Waals surface area contributed by atoms with E-state index in [1.807, 2.05) is 42.5 Å². The van der Waals surface area contributed by atoms with Crippen LogP contribution >= 0.6 is 23.2 Å². The predicted molar refractivity (Wildman–Crippen MR) is 92.5 cm³/mol. The second kappa shape index (κ2) is 6.39. The summed E-state index contributed by atoms with van der Waals surface area (Å²) in [4.78, 5) is 4.54. The molecule has 1 aliphatic rings. The Labute approximate surface area is 139 Å². The molecular formula is C18H13Cl2NO. The van der Waals surface area contributed by atoms with Gasteiger partial charge in [0.05, 0.1) is 17.3 Å². The molecule has 0 N–H and O–H groups in total. The third-order valence-electron chi connectivity index (χ3n) is 3.21. The van der Waals surface area contributed by atoms with E-state index in [1.165, 1.54) is 0 Å². The van der Waals surface area contributed by atoms with E-state index in [2.05, 4.69) is 11.6 Å². The van der Waals surface area contributed by atoms with Crippen molar-refractivity contribution in [3.63, 3.8) is 0 Å². The van der Waals surface area contributed by atoms with Crippen molar-refractivity contribution < 1.29 is 4.74 Å². The molecule has 0 atom stereocenters. The number of benzene rings is 2. The van der Waals surface area contributed by atoms with Gasteiger partial charge < -0.3 is 4.74 Å². The molecule has 2 aromatic carbocycles. The van der Waals surface area contributed by atoms with E-state index in [9.17, 15) is 0 Å². The average molecular weight is 330 g/mol. The first-order valence-electron chi connectivity index (χ1n) is 6.76. The lowest BCUT2D eigenvalue weighted by Crippen LogP contribution is -1.98. The Bertz CT molecular complexity index is 779. The first-order chi connectivity index (χ1) is 10.6. The van der Waals surface area contributed by atoms with Crippen molar-refractivity contribution >= 4 is 34.7 Å². The number of rotatable bonds is 2. The highest BCUT2D eigenvalue weighted by molar-refractivity contribution is 6.35. The maximum atomic E-state index is 6.28. The summed E-state index contributed by atoms with van der Waals surface area (Å²) in [7, 11) is 0. The van der Waals surface area contributed by atoms with Gasteiger partial charge in [-0.1, -0.05) is 60.1 Å². The first-order valence-corrected chi connectivity index (χ1v) is 7.52. The van der Waals surface area contributed by atoms with Gasteiger partial charge in [0, 0.05) is 16.7 Å². The number of hydrogen-bond donors (Lipinski definition) is 0. The summed E-state index contributed by atoms with van der Waals surface area (Å²) in [6.07, 6.45) is 1.88. The molecule has 0 saturated heterocycles. The molecule has 0 radical (unpaired) electrons. The lowest BCUT2D eigenvalue weighted by atomic mass is 10.1. The molecule has 0 saturated carbocycles. The van der Waals surface area contributed by atoms with Crippen molar-refractivity contribution in [1.82, 2.24) is 0 Å². The van der Waals surface area contributed by atoms with Crippen LogP contribution in [-0.2, 0) is 4.74 Å². The largest absolute Gasteiger partial charge is 0.460 e. The van der Waals surface area contributed by atoms with Crippen LogP contribution in [0.5, 0.6) is 0 Å². The molecule has 2 nitrogen and oxygen atoms in total. The predicted octanol–water partition coefficient (Wildman–Crippen LogP) is 5.37. The molecule has 4 heteroatoms. The molecule has 0 spiro atoms. The molecule has 22 heavy (non-hydrogen) atoms. The van der Waals surface area contributed by atoms with E-state index in [1.54, 1.807) is 12.1 Å². The molecule has 0 fully saturated rings. The van der Waals surface area contributed by atoms with Gasteiger partial charge in [-0.25, -0.2) is 0 Å². The molecule has 0 unspecified atom stereocenters. The van der Waals surface area contributed by atoms with Crippen LogP contribution in [0.25, 0.3) is 5.76 Å². The highest BCUT2D eigenvalue weighted by Gasteiger charge is 2.15. The van der Waals surface area contributed by atoms with Crippen LogP contribution < -0.4 is 0 Å². The summed E-state index contributed by atoms with van der Waals surface area (Å²) in [5.74, 6) is 1.19. The van der Waals surface area contributed by atoms with E-state index < -0.39 is 0 Å². The minimum absolute atomic E-state index is 0.412. The Hall–Kier alpha value is -2.03. The maximum absolute atomic E-state index is 6.28. The summed E-state index contributed by atoms with van der Waals surface area (Å²) in [5, 5.41) is 1.11. The summed E-state index contributed by atoms with van der Waals surface area (Å²) in [5.41, 5.74) is 2.61. The first kappa shape index (κ1) is 14.9. The fourth-order valence-corrected chi connectivity index (χ4v) is 2.67. The van der Waals surface area contributed by atoms with Crippen LogP contribution in [-0.4, -0.2) is 12.3 Å². The Morgan fingerprint density at radius 3 is 2.55 bits per heavy atom. The number of halogens is 2. The molecular weight excluding hydrogens is 317 g/mol. The second-order valence-corrected chi connectivity index (χ2v) is 5.68. The Morgan fingerprint density at radius 1 is 1.05 bits per heavy atom. The van der Waals surface area contributed by atoms with E-state index in [0.717, 1.165) is 16.8 Å². The normalized spacial score (nSPS) is 14.7. The maximum Gasteiger partial charge on any atom is 0.137 e. The quantitative estimate of drug-likeness (QED) is 0.726. The van der Waals surface area contributed by atoms with Gasteiger partial charge >= 0.3 is 0 Å². The molecule has 0 bridgehead atoms. The number of ether oxygens (including phenoxy) is 1. The molecule has 3 rings (SSSR count). The third kappa shape index (κ3) is 3.24. The minimum Gasteiger partial charge on any atom is -0.460 e. The van der Waals surface area contributed by atoms with Crippen LogP contribution in [0.4, 0.5) is 0 Å². The van der Waals surface area contributed by atoms with Gasteiger partial charge in [-0.3, -0.25) is 4.99 Å². The van der Waals surface area contributed by atoms with Gasteiger partial charge in [-0.2, -0.15) is 0 Å². The van der Waals surface area contributed by atoms with Crippen LogP contribution in [0, 0.1) is 0 Å². The van der Waals surface area contributed by atoms with Crippen LogP contribution in [0.1, 0.15) is 11.1 Å². The molecule has 0 aromatic heterocycles. The number of allylic oxidation sites excluding steroid dienone is 1. The fourth-order valence-electron chi connectivity index (χ4n) is 2.17. The topological polar surface area (TPSA) is 21.6 Å². The molecule has 0 aliphatic carbocycles. The highest BCUT2D eigenvalue weighted by Crippen LogP contribution is 2.30. The Kier molecular flexibility index (Phi) is 4.32. The third-order valence-corrected chi connectivity index (χ3v) is 3.76. The zero-order chi connectivity index (χ0) is 15.5. The van der Waals surface area contributed by atoms with Crippen molar-refractivity contribution in [3.05, 3.63) is 88.1 Å².